The van der Waals surface area contributed by atoms with Crippen LogP contribution in [0.4, 0.5) is 0 Å². The van der Waals surface area contributed by atoms with E-state index in [1.54, 1.807) is 18.6 Å². The molecule has 24 heavy (non-hydrogen) atoms. The van der Waals surface area contributed by atoms with Crippen LogP contribution < -0.4 is 10.1 Å². The lowest BCUT2D eigenvalue weighted by atomic mass is 9.92. The maximum Gasteiger partial charge on any atom is 0.232 e. The van der Waals surface area contributed by atoms with Crippen molar-refractivity contribution in [2.45, 2.75) is 51.2 Å². The fourth-order valence-electron chi connectivity index (χ4n) is 3.13. The third-order valence-corrected chi connectivity index (χ3v) is 4.31. The second kappa shape index (κ2) is 7.90. The average Bonchev–Trinajstić information content (AvgIpc) is 2.57. The standard InChI is InChI=1S/C19H23N3O2/c1-14-3-2-4-15(11-14)12-18(23)22-16-5-7-17(8-6-16)24-19-13-20-9-10-21-19/h2-4,9-11,13,16-17H,5-8,12H2,1H3,(H,22,23). The largest absolute Gasteiger partial charge is 0.473 e. The Morgan fingerprint density at radius 1 is 1.25 bits per heavy atom. The highest BCUT2D eigenvalue weighted by molar-refractivity contribution is 5.78. The Hall–Kier alpha value is -2.43. The van der Waals surface area contributed by atoms with Crippen molar-refractivity contribution in [3.63, 3.8) is 0 Å². The molecule has 1 saturated carbocycles. The van der Waals surface area contributed by atoms with Crippen LogP contribution in [-0.4, -0.2) is 28.0 Å². The van der Waals surface area contributed by atoms with Gasteiger partial charge in [0, 0.05) is 18.4 Å². The minimum atomic E-state index is 0.0962. The van der Waals surface area contributed by atoms with Gasteiger partial charge in [-0.15, -0.1) is 0 Å². The second-order valence-electron chi connectivity index (χ2n) is 6.37. The van der Waals surface area contributed by atoms with E-state index in [0.29, 0.717) is 12.3 Å². The molecule has 0 bridgehead atoms. The van der Waals surface area contributed by atoms with E-state index in [0.717, 1.165) is 31.2 Å². The third kappa shape index (κ3) is 4.78. The van der Waals surface area contributed by atoms with Crippen LogP contribution in [0.25, 0.3) is 0 Å². The van der Waals surface area contributed by atoms with Crippen molar-refractivity contribution < 1.29 is 9.53 Å². The number of benzene rings is 1. The van der Waals surface area contributed by atoms with Gasteiger partial charge in [0.2, 0.25) is 11.8 Å². The molecular formula is C19H23N3O2. The van der Waals surface area contributed by atoms with Gasteiger partial charge in [-0.25, -0.2) is 4.98 Å². The number of hydrogen-bond acceptors (Lipinski definition) is 4. The quantitative estimate of drug-likeness (QED) is 0.918. The van der Waals surface area contributed by atoms with Crippen LogP contribution in [0.5, 0.6) is 5.88 Å². The van der Waals surface area contributed by atoms with Crippen LogP contribution in [0.2, 0.25) is 0 Å². The lowest BCUT2D eigenvalue weighted by molar-refractivity contribution is -0.121. The number of carbonyl (C=O) groups excluding carboxylic acids is 1. The summed E-state index contributed by atoms with van der Waals surface area (Å²) in [6.07, 6.45) is 9.21. The van der Waals surface area contributed by atoms with Gasteiger partial charge in [0.05, 0.1) is 12.6 Å². The molecule has 5 nitrogen and oxygen atoms in total. The fraction of sp³-hybridized carbons (Fsp3) is 0.421. The average molecular weight is 325 g/mol. The number of rotatable bonds is 5. The van der Waals surface area contributed by atoms with Gasteiger partial charge in [0.25, 0.3) is 0 Å². The fourth-order valence-corrected chi connectivity index (χ4v) is 3.13. The Kier molecular flexibility index (Phi) is 5.41. The first kappa shape index (κ1) is 16.4. The van der Waals surface area contributed by atoms with Crippen LogP contribution in [0, 0.1) is 6.92 Å². The van der Waals surface area contributed by atoms with Gasteiger partial charge in [-0.3, -0.25) is 9.78 Å². The molecule has 0 spiro atoms. The van der Waals surface area contributed by atoms with E-state index in [4.69, 9.17) is 4.74 Å². The predicted molar refractivity (Wildman–Crippen MR) is 91.7 cm³/mol. The highest BCUT2D eigenvalue weighted by Crippen LogP contribution is 2.22. The summed E-state index contributed by atoms with van der Waals surface area (Å²) in [7, 11) is 0. The van der Waals surface area contributed by atoms with Gasteiger partial charge in [-0.1, -0.05) is 29.8 Å². The number of aryl methyl sites for hydroxylation is 1. The monoisotopic (exact) mass is 325 g/mol. The molecule has 1 aromatic carbocycles. The van der Waals surface area contributed by atoms with E-state index in [1.165, 1.54) is 5.56 Å². The minimum absolute atomic E-state index is 0.0962. The Bertz CT molecular complexity index is 667. The molecule has 1 heterocycles. The van der Waals surface area contributed by atoms with Gasteiger partial charge in [-0.2, -0.15) is 0 Å². The lowest BCUT2D eigenvalue weighted by Crippen LogP contribution is -2.40. The third-order valence-electron chi connectivity index (χ3n) is 4.31. The Morgan fingerprint density at radius 3 is 2.79 bits per heavy atom. The molecule has 1 amide bonds. The Balaban J connectivity index is 1.42. The topological polar surface area (TPSA) is 64.1 Å². The summed E-state index contributed by atoms with van der Waals surface area (Å²) < 4.78 is 5.83. The van der Waals surface area contributed by atoms with Gasteiger partial charge >= 0.3 is 0 Å². The molecule has 1 N–H and O–H groups in total. The predicted octanol–water partition coefficient (Wildman–Crippen LogP) is 2.83. The summed E-state index contributed by atoms with van der Waals surface area (Å²) in [5, 5.41) is 3.15. The molecule has 126 valence electrons. The first-order chi connectivity index (χ1) is 11.7. The number of amides is 1. The molecule has 1 aliphatic carbocycles. The van der Waals surface area contributed by atoms with Crippen LogP contribution in [0.1, 0.15) is 36.8 Å². The smallest absolute Gasteiger partial charge is 0.232 e. The Morgan fingerprint density at radius 2 is 2.08 bits per heavy atom. The normalized spacial score (nSPS) is 20.4. The first-order valence-electron chi connectivity index (χ1n) is 8.46. The van der Waals surface area contributed by atoms with E-state index in [-0.39, 0.29) is 18.1 Å². The summed E-state index contributed by atoms with van der Waals surface area (Å²) >= 11 is 0. The van der Waals surface area contributed by atoms with Crippen molar-refractivity contribution in [1.82, 2.24) is 15.3 Å². The molecule has 0 radical (unpaired) electrons. The van der Waals surface area contributed by atoms with E-state index < -0.39 is 0 Å². The van der Waals surface area contributed by atoms with Crippen LogP contribution >= 0.6 is 0 Å². The van der Waals surface area contributed by atoms with E-state index in [1.807, 2.05) is 25.1 Å². The summed E-state index contributed by atoms with van der Waals surface area (Å²) in [6, 6.07) is 8.33. The maximum absolute atomic E-state index is 12.2. The number of carbonyl (C=O) groups is 1. The van der Waals surface area contributed by atoms with Crippen molar-refractivity contribution in [1.29, 1.82) is 0 Å². The molecule has 1 fully saturated rings. The van der Waals surface area contributed by atoms with E-state index >= 15 is 0 Å². The maximum atomic E-state index is 12.2. The zero-order valence-corrected chi connectivity index (χ0v) is 13.9. The van der Waals surface area contributed by atoms with Crippen molar-refractivity contribution in [3.05, 3.63) is 54.0 Å². The molecule has 0 atom stereocenters. The molecule has 5 heteroatoms. The minimum Gasteiger partial charge on any atom is -0.473 e. The summed E-state index contributed by atoms with van der Waals surface area (Å²) in [5.41, 5.74) is 2.24. The summed E-state index contributed by atoms with van der Waals surface area (Å²) in [6.45, 7) is 2.04. The Labute approximate surface area is 142 Å². The zero-order valence-electron chi connectivity index (χ0n) is 13.9. The highest BCUT2D eigenvalue weighted by Gasteiger charge is 2.23. The van der Waals surface area contributed by atoms with Crippen molar-refractivity contribution in [2.75, 3.05) is 0 Å². The van der Waals surface area contributed by atoms with Crippen molar-refractivity contribution in [3.8, 4) is 5.88 Å². The van der Waals surface area contributed by atoms with Crippen LogP contribution in [0.15, 0.2) is 42.9 Å². The van der Waals surface area contributed by atoms with Crippen molar-refractivity contribution >= 4 is 5.91 Å². The number of hydrogen-bond donors (Lipinski definition) is 1. The van der Waals surface area contributed by atoms with Crippen LogP contribution in [0.3, 0.4) is 0 Å². The van der Waals surface area contributed by atoms with Crippen molar-refractivity contribution in [2.24, 2.45) is 0 Å². The van der Waals surface area contributed by atoms with Gasteiger partial charge in [0.15, 0.2) is 0 Å². The molecule has 3 rings (SSSR count). The SMILES string of the molecule is Cc1cccc(CC(=O)NC2CCC(Oc3cnccn3)CC2)c1. The summed E-state index contributed by atoms with van der Waals surface area (Å²) in [4.78, 5) is 20.3. The van der Waals surface area contributed by atoms with Gasteiger partial charge in [-0.05, 0) is 38.2 Å². The number of ether oxygens (including phenoxy) is 1. The molecule has 0 aliphatic heterocycles. The van der Waals surface area contributed by atoms with Gasteiger partial charge < -0.3 is 10.1 Å². The van der Waals surface area contributed by atoms with E-state index in [2.05, 4.69) is 21.4 Å². The molecule has 0 saturated heterocycles. The molecule has 2 aromatic rings. The molecule has 1 aromatic heterocycles. The number of aromatic nitrogens is 2. The first-order valence-corrected chi connectivity index (χ1v) is 8.46. The second-order valence-corrected chi connectivity index (χ2v) is 6.37. The zero-order chi connectivity index (χ0) is 16.8. The van der Waals surface area contributed by atoms with E-state index in [9.17, 15) is 4.79 Å². The van der Waals surface area contributed by atoms with Gasteiger partial charge in [0.1, 0.15) is 6.10 Å². The van der Waals surface area contributed by atoms with Crippen LogP contribution in [-0.2, 0) is 11.2 Å². The molecular weight excluding hydrogens is 302 g/mol. The highest BCUT2D eigenvalue weighted by atomic mass is 16.5. The lowest BCUT2D eigenvalue weighted by Gasteiger charge is -2.29. The molecule has 1 aliphatic rings. The number of nitrogens with one attached hydrogen (secondary N) is 1. The molecule has 0 unspecified atom stereocenters. The summed E-state index contributed by atoms with van der Waals surface area (Å²) in [5.74, 6) is 0.670. The number of nitrogens with zero attached hydrogens (tertiary/aromatic N) is 2.